The van der Waals surface area contributed by atoms with Crippen LogP contribution in [0.1, 0.15) is 49.4 Å². The zero-order chi connectivity index (χ0) is 12.5. The zero-order valence-electron chi connectivity index (χ0n) is 11.4. The summed E-state index contributed by atoms with van der Waals surface area (Å²) in [7, 11) is 2.07. The van der Waals surface area contributed by atoms with E-state index in [4.69, 9.17) is 0 Å². The lowest BCUT2D eigenvalue weighted by Crippen LogP contribution is -2.33. The summed E-state index contributed by atoms with van der Waals surface area (Å²) in [5.41, 5.74) is 2.90. The van der Waals surface area contributed by atoms with Gasteiger partial charge in [0, 0.05) is 35.6 Å². The molecule has 0 aromatic carbocycles. The molecule has 18 heavy (non-hydrogen) atoms. The minimum Gasteiger partial charge on any atom is -0.307 e. The lowest BCUT2D eigenvalue weighted by molar-refractivity contribution is 0.394. The molecule has 0 bridgehead atoms. The standard InChI is InChI=1S/C14H23N3S/c1-17-14-5-3-4-13(12(14)9-15-17)16-10-6-7-11(8-10)18-2/h9-11,13,16H,3-8H2,1-2H3. The van der Waals surface area contributed by atoms with Gasteiger partial charge in [0.2, 0.25) is 0 Å². The summed E-state index contributed by atoms with van der Waals surface area (Å²) in [5, 5.41) is 9.19. The van der Waals surface area contributed by atoms with E-state index >= 15 is 0 Å². The molecule has 1 aromatic heterocycles. The van der Waals surface area contributed by atoms with Gasteiger partial charge in [-0.1, -0.05) is 0 Å². The Kier molecular flexibility index (Phi) is 3.66. The fraction of sp³-hybridized carbons (Fsp3) is 0.786. The van der Waals surface area contributed by atoms with Gasteiger partial charge in [0.15, 0.2) is 0 Å². The van der Waals surface area contributed by atoms with Crippen LogP contribution in [0.5, 0.6) is 0 Å². The van der Waals surface area contributed by atoms with Gasteiger partial charge in [-0.15, -0.1) is 0 Å². The number of aromatic nitrogens is 2. The van der Waals surface area contributed by atoms with Crippen LogP contribution in [0.15, 0.2) is 6.20 Å². The van der Waals surface area contributed by atoms with Crippen LogP contribution in [0.25, 0.3) is 0 Å². The summed E-state index contributed by atoms with van der Waals surface area (Å²) in [6.45, 7) is 0. The first-order chi connectivity index (χ1) is 8.78. The summed E-state index contributed by atoms with van der Waals surface area (Å²) in [4.78, 5) is 0. The van der Waals surface area contributed by atoms with Gasteiger partial charge in [-0.25, -0.2) is 0 Å². The first kappa shape index (κ1) is 12.5. The topological polar surface area (TPSA) is 29.9 Å². The molecule has 1 N–H and O–H groups in total. The maximum absolute atomic E-state index is 4.43. The summed E-state index contributed by atoms with van der Waals surface area (Å²) >= 11 is 2.03. The molecule has 3 nitrogen and oxygen atoms in total. The second kappa shape index (κ2) is 5.25. The van der Waals surface area contributed by atoms with E-state index < -0.39 is 0 Å². The minimum atomic E-state index is 0.549. The zero-order valence-corrected chi connectivity index (χ0v) is 12.2. The van der Waals surface area contributed by atoms with E-state index in [-0.39, 0.29) is 0 Å². The molecule has 2 aliphatic rings. The van der Waals surface area contributed by atoms with Crippen molar-refractivity contribution in [2.75, 3.05) is 6.26 Å². The number of hydrogen-bond donors (Lipinski definition) is 1. The lowest BCUT2D eigenvalue weighted by atomic mass is 9.92. The van der Waals surface area contributed by atoms with E-state index in [9.17, 15) is 0 Å². The van der Waals surface area contributed by atoms with Crippen molar-refractivity contribution in [2.45, 2.75) is 55.9 Å². The molecule has 0 radical (unpaired) electrons. The molecule has 3 rings (SSSR count). The summed E-state index contributed by atoms with van der Waals surface area (Å²) in [5.74, 6) is 0. The molecule has 0 spiro atoms. The van der Waals surface area contributed by atoms with Crippen LogP contribution < -0.4 is 5.32 Å². The maximum atomic E-state index is 4.43. The highest BCUT2D eigenvalue weighted by molar-refractivity contribution is 7.99. The van der Waals surface area contributed by atoms with E-state index in [0.717, 1.165) is 11.3 Å². The molecule has 1 fully saturated rings. The van der Waals surface area contributed by atoms with E-state index in [1.807, 2.05) is 11.8 Å². The number of rotatable bonds is 3. The molecule has 1 saturated carbocycles. The number of thioether (sulfide) groups is 1. The van der Waals surface area contributed by atoms with E-state index in [1.165, 1.54) is 49.8 Å². The molecule has 4 heteroatoms. The quantitative estimate of drug-likeness (QED) is 0.911. The Morgan fingerprint density at radius 3 is 3.06 bits per heavy atom. The Morgan fingerprint density at radius 1 is 1.39 bits per heavy atom. The van der Waals surface area contributed by atoms with Gasteiger partial charge in [-0.3, -0.25) is 4.68 Å². The average molecular weight is 265 g/mol. The van der Waals surface area contributed by atoms with Gasteiger partial charge in [0.1, 0.15) is 0 Å². The third kappa shape index (κ3) is 2.32. The largest absolute Gasteiger partial charge is 0.307 e. The first-order valence-electron chi connectivity index (χ1n) is 7.07. The number of nitrogens with one attached hydrogen (secondary N) is 1. The van der Waals surface area contributed by atoms with Crippen molar-refractivity contribution in [1.29, 1.82) is 0 Å². The summed E-state index contributed by atoms with van der Waals surface area (Å²) in [6.07, 6.45) is 12.2. The molecular weight excluding hydrogens is 242 g/mol. The van der Waals surface area contributed by atoms with E-state index in [0.29, 0.717) is 6.04 Å². The van der Waals surface area contributed by atoms with Crippen LogP contribution in [0.2, 0.25) is 0 Å². The van der Waals surface area contributed by atoms with Crippen molar-refractivity contribution in [3.8, 4) is 0 Å². The normalized spacial score (nSPS) is 31.6. The lowest BCUT2D eigenvalue weighted by Gasteiger charge is -2.27. The molecule has 100 valence electrons. The van der Waals surface area contributed by atoms with Gasteiger partial charge in [0.25, 0.3) is 0 Å². The fourth-order valence-electron chi connectivity index (χ4n) is 3.47. The predicted molar refractivity (Wildman–Crippen MR) is 77.0 cm³/mol. The Balaban J connectivity index is 1.67. The average Bonchev–Trinajstić information content (AvgIpc) is 2.98. The summed E-state index contributed by atoms with van der Waals surface area (Å²) in [6, 6.07) is 1.27. The first-order valence-corrected chi connectivity index (χ1v) is 8.36. The third-order valence-corrected chi connectivity index (χ3v) is 5.63. The highest BCUT2D eigenvalue weighted by Gasteiger charge is 2.29. The fourth-order valence-corrected chi connectivity index (χ4v) is 4.27. The van der Waals surface area contributed by atoms with Crippen LogP contribution in [-0.4, -0.2) is 27.3 Å². The number of aryl methyl sites for hydroxylation is 1. The molecule has 0 aliphatic heterocycles. The van der Waals surface area contributed by atoms with E-state index in [1.54, 1.807) is 0 Å². The molecule has 3 atom stereocenters. The van der Waals surface area contributed by atoms with Crippen molar-refractivity contribution < 1.29 is 0 Å². The van der Waals surface area contributed by atoms with Crippen LogP contribution >= 0.6 is 11.8 Å². The highest BCUT2D eigenvalue weighted by atomic mass is 32.2. The van der Waals surface area contributed by atoms with Gasteiger partial charge in [-0.05, 0) is 44.8 Å². The molecule has 0 saturated heterocycles. The van der Waals surface area contributed by atoms with Crippen LogP contribution in [-0.2, 0) is 13.5 Å². The Bertz CT molecular complexity index is 415. The number of nitrogens with zero attached hydrogens (tertiary/aromatic N) is 2. The molecule has 1 heterocycles. The molecule has 2 aliphatic carbocycles. The number of fused-ring (bicyclic) bond motifs is 1. The monoisotopic (exact) mass is 265 g/mol. The van der Waals surface area contributed by atoms with Gasteiger partial charge in [-0.2, -0.15) is 16.9 Å². The Morgan fingerprint density at radius 2 is 2.28 bits per heavy atom. The summed E-state index contributed by atoms with van der Waals surface area (Å²) < 4.78 is 2.06. The second-order valence-corrected chi connectivity index (χ2v) is 6.79. The SMILES string of the molecule is CSC1CCC(NC2CCCc3c2cnn3C)C1. The van der Waals surface area contributed by atoms with Crippen molar-refractivity contribution in [3.05, 3.63) is 17.5 Å². The predicted octanol–water partition coefficient (Wildman–Crippen LogP) is 2.67. The second-order valence-electron chi connectivity index (χ2n) is 5.65. The molecule has 3 unspecified atom stereocenters. The molecule has 1 aromatic rings. The van der Waals surface area contributed by atoms with Crippen LogP contribution in [0, 0.1) is 0 Å². The van der Waals surface area contributed by atoms with Crippen LogP contribution in [0.3, 0.4) is 0 Å². The van der Waals surface area contributed by atoms with Crippen molar-refractivity contribution in [1.82, 2.24) is 15.1 Å². The Hall–Kier alpha value is -0.480. The Labute approximate surface area is 114 Å². The molecule has 0 amide bonds. The van der Waals surface area contributed by atoms with Gasteiger partial charge >= 0.3 is 0 Å². The number of hydrogen-bond acceptors (Lipinski definition) is 3. The smallest absolute Gasteiger partial charge is 0.0540 e. The van der Waals surface area contributed by atoms with Crippen molar-refractivity contribution >= 4 is 11.8 Å². The third-order valence-electron chi connectivity index (χ3n) is 4.53. The van der Waals surface area contributed by atoms with Gasteiger partial charge < -0.3 is 5.32 Å². The van der Waals surface area contributed by atoms with Crippen molar-refractivity contribution in [3.63, 3.8) is 0 Å². The van der Waals surface area contributed by atoms with Crippen LogP contribution in [0.4, 0.5) is 0 Å². The van der Waals surface area contributed by atoms with Gasteiger partial charge in [0.05, 0.1) is 6.20 Å². The van der Waals surface area contributed by atoms with Crippen molar-refractivity contribution in [2.24, 2.45) is 7.05 Å². The maximum Gasteiger partial charge on any atom is 0.0540 e. The van der Waals surface area contributed by atoms with E-state index in [2.05, 4.69) is 34.6 Å². The molecular formula is C14H23N3S. The highest BCUT2D eigenvalue weighted by Crippen LogP contribution is 2.33. The minimum absolute atomic E-state index is 0.549.